The number of benzene rings is 1. The lowest BCUT2D eigenvalue weighted by Crippen LogP contribution is -2.36. The molecule has 2 aromatic rings. The maximum Gasteiger partial charge on any atom is 0.254 e. The SMILES string of the molecule is CC1CCCN(CCCNC(=O)c2cnn(-c3cccc(Cl)c3)c2C(C)C)C1. The Morgan fingerprint density at radius 3 is 2.93 bits per heavy atom. The van der Waals surface area contributed by atoms with Gasteiger partial charge in [0.1, 0.15) is 0 Å². The summed E-state index contributed by atoms with van der Waals surface area (Å²) in [6, 6.07) is 7.54. The van der Waals surface area contributed by atoms with E-state index in [1.165, 1.54) is 25.9 Å². The van der Waals surface area contributed by atoms with Crippen LogP contribution in [-0.2, 0) is 0 Å². The molecule has 1 N–H and O–H groups in total. The molecule has 1 saturated heterocycles. The van der Waals surface area contributed by atoms with E-state index in [-0.39, 0.29) is 11.8 Å². The minimum absolute atomic E-state index is 0.0519. The fourth-order valence-electron chi connectivity index (χ4n) is 3.99. The number of aromatic nitrogens is 2. The van der Waals surface area contributed by atoms with Gasteiger partial charge in [-0.05, 0) is 62.4 Å². The Bertz CT molecular complexity index is 802. The molecule has 1 aromatic heterocycles. The van der Waals surface area contributed by atoms with Gasteiger partial charge < -0.3 is 10.2 Å². The molecule has 1 amide bonds. The van der Waals surface area contributed by atoms with Gasteiger partial charge in [0.05, 0.1) is 23.1 Å². The van der Waals surface area contributed by atoms with E-state index in [1.54, 1.807) is 6.20 Å². The van der Waals surface area contributed by atoms with Crippen LogP contribution in [0, 0.1) is 5.92 Å². The van der Waals surface area contributed by atoms with Gasteiger partial charge in [-0.3, -0.25) is 4.79 Å². The van der Waals surface area contributed by atoms with Crippen LogP contribution in [0.15, 0.2) is 30.5 Å². The van der Waals surface area contributed by atoms with Gasteiger partial charge >= 0.3 is 0 Å². The topological polar surface area (TPSA) is 50.2 Å². The molecule has 6 heteroatoms. The Labute approximate surface area is 173 Å². The number of nitrogens with one attached hydrogen (secondary N) is 1. The average molecular weight is 403 g/mol. The molecule has 5 nitrogen and oxygen atoms in total. The van der Waals surface area contributed by atoms with Gasteiger partial charge in [-0.1, -0.05) is 38.4 Å². The predicted molar refractivity (Wildman–Crippen MR) is 114 cm³/mol. The number of carbonyl (C=O) groups is 1. The molecule has 1 atom stereocenters. The zero-order valence-electron chi connectivity index (χ0n) is 17.1. The third-order valence-corrected chi connectivity index (χ3v) is 5.56. The van der Waals surface area contributed by atoms with Gasteiger partial charge in [0, 0.05) is 18.1 Å². The third kappa shape index (κ3) is 5.15. The smallest absolute Gasteiger partial charge is 0.254 e. The molecule has 0 spiro atoms. The second kappa shape index (κ2) is 9.57. The molecule has 152 valence electrons. The van der Waals surface area contributed by atoms with Crippen LogP contribution in [0.1, 0.15) is 62.0 Å². The van der Waals surface area contributed by atoms with Crippen LogP contribution in [0.3, 0.4) is 0 Å². The summed E-state index contributed by atoms with van der Waals surface area (Å²) in [4.78, 5) is 15.3. The molecule has 2 heterocycles. The van der Waals surface area contributed by atoms with Gasteiger partial charge in [-0.2, -0.15) is 5.10 Å². The number of hydrogen-bond donors (Lipinski definition) is 1. The number of hydrogen-bond acceptors (Lipinski definition) is 3. The van der Waals surface area contributed by atoms with Crippen molar-refractivity contribution >= 4 is 17.5 Å². The van der Waals surface area contributed by atoms with E-state index in [2.05, 4.69) is 36.1 Å². The van der Waals surface area contributed by atoms with Gasteiger partial charge in [0.15, 0.2) is 0 Å². The molecule has 1 aliphatic heterocycles. The summed E-state index contributed by atoms with van der Waals surface area (Å²) in [5.41, 5.74) is 2.42. The van der Waals surface area contributed by atoms with E-state index in [0.717, 1.165) is 30.3 Å². The Kier molecular flexibility index (Phi) is 7.13. The highest BCUT2D eigenvalue weighted by atomic mass is 35.5. The second-order valence-electron chi connectivity index (χ2n) is 8.15. The van der Waals surface area contributed by atoms with Crippen molar-refractivity contribution in [1.29, 1.82) is 0 Å². The van der Waals surface area contributed by atoms with Crippen molar-refractivity contribution in [3.63, 3.8) is 0 Å². The molecule has 28 heavy (non-hydrogen) atoms. The highest BCUT2D eigenvalue weighted by Crippen LogP contribution is 2.24. The Morgan fingerprint density at radius 2 is 2.21 bits per heavy atom. The summed E-state index contributed by atoms with van der Waals surface area (Å²) < 4.78 is 1.82. The van der Waals surface area contributed by atoms with Crippen molar-refractivity contribution in [2.45, 2.75) is 46.0 Å². The number of likely N-dealkylation sites (tertiary alicyclic amines) is 1. The molecule has 0 radical (unpaired) electrons. The maximum absolute atomic E-state index is 12.8. The Balaban J connectivity index is 1.62. The number of nitrogens with zero attached hydrogens (tertiary/aromatic N) is 3. The molecule has 1 aliphatic rings. The van der Waals surface area contributed by atoms with Crippen molar-refractivity contribution < 1.29 is 4.79 Å². The lowest BCUT2D eigenvalue weighted by atomic mass is 10.0. The van der Waals surface area contributed by atoms with Crippen LogP contribution in [0.4, 0.5) is 0 Å². The van der Waals surface area contributed by atoms with Crippen LogP contribution in [0.25, 0.3) is 5.69 Å². The highest BCUT2D eigenvalue weighted by molar-refractivity contribution is 6.30. The van der Waals surface area contributed by atoms with E-state index in [4.69, 9.17) is 11.6 Å². The zero-order chi connectivity index (χ0) is 20.1. The van der Waals surface area contributed by atoms with E-state index >= 15 is 0 Å². The number of halogens is 1. The number of carbonyl (C=O) groups excluding carboxylic acids is 1. The molecule has 1 aromatic carbocycles. The minimum Gasteiger partial charge on any atom is -0.352 e. The molecular weight excluding hydrogens is 372 g/mol. The first-order valence-electron chi connectivity index (χ1n) is 10.3. The van der Waals surface area contributed by atoms with Crippen LogP contribution < -0.4 is 5.32 Å². The second-order valence-corrected chi connectivity index (χ2v) is 8.58. The number of amides is 1. The summed E-state index contributed by atoms with van der Waals surface area (Å²) in [5.74, 6) is 0.898. The molecule has 0 saturated carbocycles. The van der Waals surface area contributed by atoms with Crippen molar-refractivity contribution in [2.75, 3.05) is 26.2 Å². The maximum atomic E-state index is 12.8. The summed E-state index contributed by atoms with van der Waals surface area (Å²) in [5, 5.41) is 8.20. The standard InChI is InChI=1S/C22H31ClN4O/c1-16(2)21-20(14-25-27(21)19-9-4-8-18(23)13-19)22(28)24-10-6-12-26-11-5-7-17(3)15-26/h4,8-9,13-14,16-17H,5-7,10-12,15H2,1-3H3,(H,24,28). The minimum atomic E-state index is -0.0519. The lowest BCUT2D eigenvalue weighted by Gasteiger charge is -2.30. The molecule has 1 fully saturated rings. The molecule has 0 aliphatic carbocycles. The quantitative estimate of drug-likeness (QED) is 0.693. The van der Waals surface area contributed by atoms with E-state index in [1.807, 2.05) is 28.9 Å². The van der Waals surface area contributed by atoms with Gasteiger partial charge in [-0.25, -0.2) is 4.68 Å². The van der Waals surface area contributed by atoms with Crippen LogP contribution >= 0.6 is 11.6 Å². The van der Waals surface area contributed by atoms with Crippen LogP contribution in [0.2, 0.25) is 5.02 Å². The Hall–Kier alpha value is -1.85. The van der Waals surface area contributed by atoms with Crippen LogP contribution in [0.5, 0.6) is 0 Å². The molecular formula is C22H31ClN4O. The van der Waals surface area contributed by atoms with Crippen molar-refractivity contribution in [1.82, 2.24) is 20.0 Å². The van der Waals surface area contributed by atoms with Crippen LogP contribution in [-0.4, -0.2) is 46.8 Å². The molecule has 0 bridgehead atoms. The normalized spacial score (nSPS) is 17.8. The summed E-state index contributed by atoms with van der Waals surface area (Å²) >= 11 is 6.13. The third-order valence-electron chi connectivity index (χ3n) is 5.33. The largest absolute Gasteiger partial charge is 0.352 e. The summed E-state index contributed by atoms with van der Waals surface area (Å²) in [7, 11) is 0. The first-order chi connectivity index (χ1) is 13.5. The first-order valence-corrected chi connectivity index (χ1v) is 10.7. The fraction of sp³-hybridized carbons (Fsp3) is 0.545. The Morgan fingerprint density at radius 1 is 1.39 bits per heavy atom. The highest BCUT2D eigenvalue weighted by Gasteiger charge is 2.21. The van der Waals surface area contributed by atoms with Gasteiger partial charge in [0.2, 0.25) is 0 Å². The monoisotopic (exact) mass is 402 g/mol. The lowest BCUT2D eigenvalue weighted by molar-refractivity contribution is 0.0948. The zero-order valence-corrected chi connectivity index (χ0v) is 17.9. The first kappa shape index (κ1) is 20.9. The molecule has 3 rings (SSSR count). The van der Waals surface area contributed by atoms with Crippen molar-refractivity contribution in [3.05, 3.63) is 46.7 Å². The number of rotatable bonds is 7. The fourth-order valence-corrected chi connectivity index (χ4v) is 4.18. The number of piperidine rings is 1. The van der Waals surface area contributed by atoms with E-state index in [0.29, 0.717) is 17.1 Å². The molecule has 1 unspecified atom stereocenters. The van der Waals surface area contributed by atoms with Gasteiger partial charge in [0.25, 0.3) is 5.91 Å². The van der Waals surface area contributed by atoms with Crippen molar-refractivity contribution in [2.24, 2.45) is 5.92 Å². The van der Waals surface area contributed by atoms with E-state index < -0.39 is 0 Å². The summed E-state index contributed by atoms with van der Waals surface area (Å²) in [6.45, 7) is 10.6. The van der Waals surface area contributed by atoms with Gasteiger partial charge in [-0.15, -0.1) is 0 Å². The summed E-state index contributed by atoms with van der Waals surface area (Å²) in [6.07, 6.45) is 5.26. The predicted octanol–water partition coefficient (Wildman–Crippen LogP) is 4.50. The van der Waals surface area contributed by atoms with E-state index in [9.17, 15) is 4.79 Å². The van der Waals surface area contributed by atoms with Crippen molar-refractivity contribution in [3.8, 4) is 5.69 Å². The average Bonchev–Trinajstić information content (AvgIpc) is 3.11.